The predicted molar refractivity (Wildman–Crippen MR) is 120 cm³/mol. The minimum atomic E-state index is -0.802. The van der Waals surface area contributed by atoms with Crippen LogP contribution in [0.1, 0.15) is 25.3 Å². The quantitative estimate of drug-likeness (QED) is 0.368. The number of hydrogen-bond donors (Lipinski definition) is 0. The number of non-ortho nitro benzene ring substituents is 1. The normalized spacial score (nSPS) is 15.5. The van der Waals surface area contributed by atoms with E-state index in [-0.39, 0.29) is 23.6 Å². The van der Waals surface area contributed by atoms with E-state index in [4.69, 9.17) is 18.9 Å². The standard InChI is InChI=1S/C24H22N2O8/c1-13-20(23(27)31-3)22(15-5-10-18-19(11-15)34-12-33-18)21(24(28)32-4)14(2)25(13)16-6-8-17(9-7-16)26(29)30/h5-11,22H,12H2,1-4H3. The first-order valence-corrected chi connectivity index (χ1v) is 10.3. The van der Waals surface area contributed by atoms with Crippen LogP contribution < -0.4 is 14.4 Å². The van der Waals surface area contributed by atoms with Gasteiger partial charge in [-0.3, -0.25) is 10.1 Å². The van der Waals surface area contributed by atoms with Gasteiger partial charge < -0.3 is 23.8 Å². The average Bonchev–Trinajstić information content (AvgIpc) is 3.31. The molecule has 0 aliphatic carbocycles. The van der Waals surface area contributed by atoms with Crippen LogP contribution in [0.4, 0.5) is 11.4 Å². The fourth-order valence-electron chi connectivity index (χ4n) is 4.34. The smallest absolute Gasteiger partial charge is 0.336 e. The molecule has 0 amide bonds. The molecule has 2 aliphatic rings. The van der Waals surface area contributed by atoms with Crippen LogP contribution in [0.2, 0.25) is 0 Å². The number of hydrogen-bond acceptors (Lipinski definition) is 9. The molecule has 0 saturated carbocycles. The lowest BCUT2D eigenvalue weighted by Gasteiger charge is -2.37. The van der Waals surface area contributed by atoms with Crippen LogP contribution in [-0.2, 0) is 19.1 Å². The number of nitro benzene ring substituents is 1. The first-order chi connectivity index (χ1) is 16.3. The van der Waals surface area contributed by atoms with Gasteiger partial charge >= 0.3 is 11.9 Å². The zero-order chi connectivity index (χ0) is 24.6. The Morgan fingerprint density at radius 3 is 2.03 bits per heavy atom. The number of allylic oxidation sites excluding steroid dienone is 2. The van der Waals surface area contributed by atoms with Gasteiger partial charge in [-0.2, -0.15) is 0 Å². The van der Waals surface area contributed by atoms with Crippen molar-refractivity contribution in [3.05, 3.63) is 80.7 Å². The molecule has 0 atom stereocenters. The van der Waals surface area contributed by atoms with Crippen LogP contribution in [0.5, 0.6) is 11.5 Å². The second kappa shape index (κ2) is 8.89. The van der Waals surface area contributed by atoms with E-state index in [1.54, 1.807) is 49.1 Å². The maximum Gasteiger partial charge on any atom is 0.336 e. The van der Waals surface area contributed by atoms with Crippen LogP contribution >= 0.6 is 0 Å². The molecular formula is C24H22N2O8. The molecule has 2 aliphatic heterocycles. The van der Waals surface area contributed by atoms with Crippen molar-refractivity contribution in [2.24, 2.45) is 0 Å². The Bertz CT molecular complexity index is 1210. The molecule has 10 heteroatoms. The third-order valence-corrected chi connectivity index (χ3v) is 5.89. The summed E-state index contributed by atoms with van der Waals surface area (Å²) >= 11 is 0. The Labute approximate surface area is 195 Å². The van der Waals surface area contributed by atoms with Gasteiger partial charge in [0, 0.05) is 29.2 Å². The van der Waals surface area contributed by atoms with Crippen molar-refractivity contribution >= 4 is 23.3 Å². The fraction of sp³-hybridized carbons (Fsp3) is 0.250. The lowest BCUT2D eigenvalue weighted by Crippen LogP contribution is -2.35. The molecule has 0 unspecified atom stereocenters. The number of anilines is 1. The summed E-state index contributed by atoms with van der Waals surface area (Å²) in [5, 5.41) is 11.1. The molecule has 0 spiro atoms. The summed E-state index contributed by atoms with van der Waals surface area (Å²) in [7, 11) is 2.52. The number of benzene rings is 2. The number of esters is 2. The zero-order valence-electron chi connectivity index (χ0n) is 19.0. The summed E-state index contributed by atoms with van der Waals surface area (Å²) in [5.74, 6) is -0.989. The molecule has 34 heavy (non-hydrogen) atoms. The van der Waals surface area contributed by atoms with Crippen LogP contribution in [0.25, 0.3) is 0 Å². The summed E-state index contributed by atoms with van der Waals surface area (Å²) in [6.45, 7) is 3.53. The van der Waals surface area contributed by atoms with Gasteiger partial charge in [0.05, 0.1) is 36.2 Å². The molecule has 4 rings (SSSR count). The summed E-state index contributed by atoms with van der Waals surface area (Å²) in [6, 6.07) is 11.0. The highest BCUT2D eigenvalue weighted by Crippen LogP contribution is 2.46. The SMILES string of the molecule is COC(=O)C1=C(C)N(c2ccc([N+](=O)[O-])cc2)C(C)=C(C(=O)OC)C1c1ccc2c(c1)OCO2. The highest BCUT2D eigenvalue weighted by Gasteiger charge is 2.41. The topological polar surface area (TPSA) is 117 Å². The minimum Gasteiger partial charge on any atom is -0.466 e. The minimum absolute atomic E-state index is 0.0782. The van der Waals surface area contributed by atoms with Gasteiger partial charge in [0.1, 0.15) is 0 Å². The predicted octanol–water partition coefficient (Wildman–Crippen LogP) is 3.82. The Kier molecular flexibility index (Phi) is 5.97. The molecule has 176 valence electrons. The van der Waals surface area contributed by atoms with E-state index in [1.165, 1.54) is 26.4 Å². The molecule has 0 aromatic heterocycles. The number of nitrogens with zero attached hydrogens (tertiary/aromatic N) is 2. The van der Waals surface area contributed by atoms with E-state index in [0.29, 0.717) is 34.1 Å². The Morgan fingerprint density at radius 2 is 1.50 bits per heavy atom. The first kappa shape index (κ1) is 22.8. The van der Waals surface area contributed by atoms with E-state index in [2.05, 4.69) is 0 Å². The van der Waals surface area contributed by atoms with Crippen molar-refractivity contribution in [2.75, 3.05) is 25.9 Å². The van der Waals surface area contributed by atoms with E-state index in [0.717, 1.165) is 0 Å². The summed E-state index contributed by atoms with van der Waals surface area (Å²) in [4.78, 5) is 38.4. The number of methoxy groups -OCH3 is 2. The number of nitro groups is 1. The molecule has 10 nitrogen and oxygen atoms in total. The van der Waals surface area contributed by atoms with Gasteiger partial charge in [0.15, 0.2) is 11.5 Å². The fourth-order valence-corrected chi connectivity index (χ4v) is 4.34. The maximum absolute atomic E-state index is 13.1. The van der Waals surface area contributed by atoms with Crippen molar-refractivity contribution in [3.63, 3.8) is 0 Å². The van der Waals surface area contributed by atoms with Crippen molar-refractivity contribution in [1.82, 2.24) is 0 Å². The zero-order valence-corrected chi connectivity index (χ0v) is 19.0. The molecule has 0 saturated heterocycles. The van der Waals surface area contributed by atoms with Crippen molar-refractivity contribution < 1.29 is 33.5 Å². The summed E-state index contributed by atoms with van der Waals surface area (Å²) in [5.41, 5.74) is 2.54. The maximum atomic E-state index is 13.1. The Balaban J connectivity index is 1.94. The monoisotopic (exact) mass is 466 g/mol. The number of fused-ring (bicyclic) bond motifs is 1. The van der Waals surface area contributed by atoms with E-state index in [1.807, 2.05) is 0 Å². The largest absolute Gasteiger partial charge is 0.466 e. The average molecular weight is 466 g/mol. The molecule has 0 bridgehead atoms. The highest BCUT2D eigenvalue weighted by molar-refractivity contribution is 6.01. The first-order valence-electron chi connectivity index (χ1n) is 10.3. The van der Waals surface area contributed by atoms with Crippen LogP contribution in [0, 0.1) is 10.1 Å². The van der Waals surface area contributed by atoms with E-state index >= 15 is 0 Å². The highest BCUT2D eigenvalue weighted by atomic mass is 16.7. The van der Waals surface area contributed by atoms with Gasteiger partial charge in [-0.15, -0.1) is 0 Å². The molecule has 0 fully saturated rings. The summed E-state index contributed by atoms with van der Waals surface area (Å²) in [6.07, 6.45) is 0. The number of rotatable bonds is 5. The third-order valence-electron chi connectivity index (χ3n) is 5.89. The van der Waals surface area contributed by atoms with Crippen molar-refractivity contribution in [2.45, 2.75) is 19.8 Å². The van der Waals surface area contributed by atoms with Gasteiger partial charge in [-0.1, -0.05) is 6.07 Å². The van der Waals surface area contributed by atoms with Gasteiger partial charge in [0.2, 0.25) is 6.79 Å². The van der Waals surface area contributed by atoms with Crippen LogP contribution in [0.15, 0.2) is 65.0 Å². The number of carbonyl (C=O) groups excluding carboxylic acids is 2. The van der Waals surface area contributed by atoms with Gasteiger partial charge in [-0.25, -0.2) is 9.59 Å². The second-order valence-corrected chi connectivity index (χ2v) is 7.64. The van der Waals surface area contributed by atoms with Gasteiger partial charge in [0.25, 0.3) is 5.69 Å². The molecule has 0 N–H and O–H groups in total. The molecule has 2 heterocycles. The van der Waals surface area contributed by atoms with Gasteiger partial charge in [-0.05, 0) is 43.7 Å². The summed E-state index contributed by atoms with van der Waals surface area (Å²) < 4.78 is 21.1. The third kappa shape index (κ3) is 3.72. The molecular weight excluding hydrogens is 444 g/mol. The van der Waals surface area contributed by atoms with Crippen LogP contribution in [0.3, 0.4) is 0 Å². The van der Waals surface area contributed by atoms with E-state index in [9.17, 15) is 19.7 Å². The molecule has 0 radical (unpaired) electrons. The Morgan fingerprint density at radius 1 is 0.941 bits per heavy atom. The Hall–Kier alpha value is -4.34. The van der Waals surface area contributed by atoms with Crippen molar-refractivity contribution in [1.29, 1.82) is 0 Å². The number of carbonyl (C=O) groups is 2. The number of ether oxygens (including phenoxy) is 4. The van der Waals surface area contributed by atoms with E-state index < -0.39 is 22.8 Å². The van der Waals surface area contributed by atoms with Crippen LogP contribution in [-0.4, -0.2) is 37.9 Å². The second-order valence-electron chi connectivity index (χ2n) is 7.64. The lowest BCUT2D eigenvalue weighted by atomic mass is 9.79. The molecule has 2 aromatic rings. The van der Waals surface area contributed by atoms with Crippen molar-refractivity contribution in [3.8, 4) is 11.5 Å². The molecule has 2 aromatic carbocycles. The lowest BCUT2D eigenvalue weighted by molar-refractivity contribution is -0.384.